The van der Waals surface area contributed by atoms with Crippen LogP contribution < -0.4 is 10.6 Å². The van der Waals surface area contributed by atoms with Gasteiger partial charge in [-0.25, -0.2) is 0 Å². The molecule has 2 aromatic rings. The molecule has 7 nitrogen and oxygen atoms in total. The summed E-state index contributed by atoms with van der Waals surface area (Å²) in [5.74, 6) is 2.80. The van der Waals surface area contributed by atoms with Crippen molar-refractivity contribution in [3.8, 4) is 0 Å². The van der Waals surface area contributed by atoms with E-state index in [9.17, 15) is 4.79 Å². The molecule has 1 unspecified atom stereocenters. The van der Waals surface area contributed by atoms with E-state index in [1.807, 2.05) is 31.2 Å². The van der Waals surface area contributed by atoms with Gasteiger partial charge in [-0.3, -0.25) is 9.78 Å². The van der Waals surface area contributed by atoms with Crippen LogP contribution in [0.4, 0.5) is 0 Å². The molecule has 1 atom stereocenters. The lowest BCUT2D eigenvalue weighted by Crippen LogP contribution is -2.46. The first-order chi connectivity index (χ1) is 16.6. The van der Waals surface area contributed by atoms with Crippen LogP contribution in [0.25, 0.3) is 0 Å². The molecule has 0 spiro atoms. The summed E-state index contributed by atoms with van der Waals surface area (Å²) < 4.78 is 11.0. The minimum atomic E-state index is -0.0442. The molecule has 1 amide bonds. The summed E-state index contributed by atoms with van der Waals surface area (Å²) in [6, 6.07) is 7.70. The second kappa shape index (κ2) is 12.6. The molecule has 2 aromatic heterocycles. The molecule has 0 saturated carbocycles. The van der Waals surface area contributed by atoms with E-state index in [-0.39, 0.29) is 17.9 Å². The molecule has 0 bridgehead atoms. The number of hydrogen-bond acceptors (Lipinski definition) is 6. The fourth-order valence-corrected chi connectivity index (χ4v) is 5.48. The molecule has 34 heavy (non-hydrogen) atoms. The van der Waals surface area contributed by atoms with E-state index in [0.717, 1.165) is 85.7 Å². The van der Waals surface area contributed by atoms with Gasteiger partial charge < -0.3 is 24.7 Å². The summed E-state index contributed by atoms with van der Waals surface area (Å²) in [5, 5.41) is 7.24. The van der Waals surface area contributed by atoms with Crippen molar-refractivity contribution in [2.45, 2.75) is 50.4 Å². The predicted octanol–water partition coefficient (Wildman–Crippen LogP) is 3.88. The molecule has 0 aromatic carbocycles. The van der Waals surface area contributed by atoms with Crippen LogP contribution in [0, 0.1) is 6.92 Å². The first-order valence-electron chi connectivity index (χ1n) is 12.1. The van der Waals surface area contributed by atoms with Crippen LogP contribution in [0.2, 0.25) is 0 Å². The van der Waals surface area contributed by atoms with Gasteiger partial charge >= 0.3 is 0 Å². The second-order valence-electron chi connectivity index (χ2n) is 8.86. The lowest BCUT2D eigenvalue weighted by molar-refractivity contribution is 0.0953. The number of ether oxygens (including phenoxy) is 1. The van der Waals surface area contributed by atoms with Crippen LogP contribution >= 0.6 is 24.0 Å². The SMILES string of the molecule is Cc1ccc(C(=O)NCCSCc2ccco2)c(C2CCN(C(=S)NCC3CCCO3)CC2)n1. The zero-order valence-corrected chi connectivity index (χ0v) is 21.4. The minimum Gasteiger partial charge on any atom is -0.468 e. The van der Waals surface area contributed by atoms with Gasteiger partial charge in [0, 0.05) is 50.2 Å². The molecular weight excluding hydrogens is 468 g/mol. The third-order valence-corrected chi connectivity index (χ3v) is 7.72. The van der Waals surface area contributed by atoms with E-state index in [4.69, 9.17) is 26.4 Å². The maximum atomic E-state index is 13.0. The van der Waals surface area contributed by atoms with Crippen molar-refractivity contribution in [1.29, 1.82) is 0 Å². The average molecular weight is 503 g/mol. The summed E-state index contributed by atoms with van der Waals surface area (Å²) in [4.78, 5) is 20.0. The molecule has 2 fully saturated rings. The van der Waals surface area contributed by atoms with Crippen LogP contribution in [-0.2, 0) is 10.5 Å². The largest absolute Gasteiger partial charge is 0.468 e. The molecule has 2 aliphatic rings. The number of hydrogen-bond donors (Lipinski definition) is 2. The Labute approximate surface area is 211 Å². The molecular formula is C25H34N4O3S2. The van der Waals surface area contributed by atoms with Gasteiger partial charge in [-0.05, 0) is 69.1 Å². The Bertz CT molecular complexity index is 940. The molecule has 4 rings (SSSR count). The van der Waals surface area contributed by atoms with Gasteiger partial charge in [-0.1, -0.05) is 0 Å². The minimum absolute atomic E-state index is 0.0442. The molecule has 2 saturated heterocycles. The number of aromatic nitrogens is 1. The van der Waals surface area contributed by atoms with Crippen molar-refractivity contribution < 1.29 is 13.9 Å². The van der Waals surface area contributed by atoms with Crippen LogP contribution in [-0.4, -0.2) is 65.5 Å². The Morgan fingerprint density at radius 1 is 1.24 bits per heavy atom. The van der Waals surface area contributed by atoms with Gasteiger partial charge in [0.25, 0.3) is 5.91 Å². The van der Waals surface area contributed by atoms with Crippen molar-refractivity contribution in [2.75, 3.05) is 38.5 Å². The summed E-state index contributed by atoms with van der Waals surface area (Å²) in [5.41, 5.74) is 2.55. The van der Waals surface area contributed by atoms with E-state index in [1.165, 1.54) is 0 Å². The summed E-state index contributed by atoms with van der Waals surface area (Å²) in [6.45, 7) is 5.95. The summed E-state index contributed by atoms with van der Waals surface area (Å²) in [7, 11) is 0. The second-order valence-corrected chi connectivity index (χ2v) is 10.3. The van der Waals surface area contributed by atoms with Gasteiger partial charge in [0.15, 0.2) is 5.11 Å². The van der Waals surface area contributed by atoms with E-state index in [0.29, 0.717) is 12.1 Å². The fourth-order valence-electron chi connectivity index (χ4n) is 4.45. The van der Waals surface area contributed by atoms with Gasteiger partial charge in [-0.2, -0.15) is 11.8 Å². The molecule has 2 aliphatic heterocycles. The van der Waals surface area contributed by atoms with Crippen LogP contribution in [0.5, 0.6) is 0 Å². The standard InChI is InChI=1S/C25H34N4O3S2/c1-18-6-7-22(24(30)26-10-15-34-17-21-5-3-14-32-21)23(28-18)19-8-11-29(12-9-19)25(33)27-16-20-4-2-13-31-20/h3,5-7,14,19-20H,2,4,8-13,15-17H2,1H3,(H,26,30)(H,27,33). The van der Waals surface area contributed by atoms with Gasteiger partial charge in [-0.15, -0.1) is 0 Å². The number of pyridine rings is 1. The number of carbonyl (C=O) groups is 1. The normalized spacial score (nSPS) is 18.7. The monoisotopic (exact) mass is 502 g/mol. The first-order valence-corrected chi connectivity index (χ1v) is 13.7. The molecule has 0 aliphatic carbocycles. The Hall–Kier alpha value is -2.10. The van der Waals surface area contributed by atoms with Gasteiger partial charge in [0.05, 0.1) is 29.4 Å². The Balaban J connectivity index is 1.26. The zero-order valence-electron chi connectivity index (χ0n) is 19.8. The number of aryl methyl sites for hydroxylation is 1. The number of carbonyl (C=O) groups excluding carboxylic acids is 1. The molecule has 9 heteroatoms. The Morgan fingerprint density at radius 3 is 2.82 bits per heavy atom. The zero-order chi connectivity index (χ0) is 23.8. The highest BCUT2D eigenvalue weighted by molar-refractivity contribution is 7.98. The smallest absolute Gasteiger partial charge is 0.253 e. The number of rotatable bonds is 9. The number of furan rings is 1. The highest BCUT2D eigenvalue weighted by atomic mass is 32.2. The lowest BCUT2D eigenvalue weighted by Gasteiger charge is -2.34. The molecule has 184 valence electrons. The van der Waals surface area contributed by atoms with Crippen LogP contribution in [0.15, 0.2) is 34.9 Å². The van der Waals surface area contributed by atoms with E-state index in [2.05, 4.69) is 15.5 Å². The van der Waals surface area contributed by atoms with Crippen LogP contribution in [0.3, 0.4) is 0 Å². The van der Waals surface area contributed by atoms with Gasteiger partial charge in [0.1, 0.15) is 5.76 Å². The number of amides is 1. The number of likely N-dealkylation sites (tertiary alicyclic amines) is 1. The maximum Gasteiger partial charge on any atom is 0.253 e. The fraction of sp³-hybridized carbons (Fsp3) is 0.560. The first kappa shape index (κ1) is 25.0. The van der Waals surface area contributed by atoms with Crippen molar-refractivity contribution in [2.24, 2.45) is 0 Å². The van der Waals surface area contributed by atoms with E-state index < -0.39 is 0 Å². The molecule has 4 heterocycles. The summed E-state index contributed by atoms with van der Waals surface area (Å²) >= 11 is 7.36. The van der Waals surface area contributed by atoms with Gasteiger partial charge in [0.2, 0.25) is 0 Å². The van der Waals surface area contributed by atoms with Crippen molar-refractivity contribution in [3.63, 3.8) is 0 Å². The van der Waals surface area contributed by atoms with Crippen LogP contribution in [0.1, 0.15) is 59.1 Å². The number of piperidine rings is 1. The number of thiocarbonyl (C=S) groups is 1. The third kappa shape index (κ3) is 6.96. The molecule has 2 N–H and O–H groups in total. The predicted molar refractivity (Wildman–Crippen MR) is 139 cm³/mol. The topological polar surface area (TPSA) is 79.6 Å². The number of thioether (sulfide) groups is 1. The number of nitrogens with one attached hydrogen (secondary N) is 2. The Morgan fingerprint density at radius 2 is 2.09 bits per heavy atom. The summed E-state index contributed by atoms with van der Waals surface area (Å²) in [6.07, 6.45) is 6.05. The Kier molecular flexibility index (Phi) is 9.24. The quantitative estimate of drug-likeness (QED) is 0.395. The van der Waals surface area contributed by atoms with Crippen molar-refractivity contribution in [1.82, 2.24) is 20.5 Å². The van der Waals surface area contributed by atoms with E-state index in [1.54, 1.807) is 18.0 Å². The van der Waals surface area contributed by atoms with E-state index >= 15 is 0 Å². The highest BCUT2D eigenvalue weighted by Crippen LogP contribution is 2.29. The number of nitrogens with zero attached hydrogens (tertiary/aromatic N) is 2. The van der Waals surface area contributed by atoms with Crippen molar-refractivity contribution in [3.05, 3.63) is 53.2 Å². The average Bonchev–Trinajstić information content (AvgIpc) is 3.57. The van der Waals surface area contributed by atoms with Crippen molar-refractivity contribution >= 4 is 35.0 Å². The lowest BCUT2D eigenvalue weighted by atomic mass is 9.90. The highest BCUT2D eigenvalue weighted by Gasteiger charge is 2.27. The third-order valence-electron chi connectivity index (χ3n) is 6.34. The maximum absolute atomic E-state index is 13.0. The molecule has 0 radical (unpaired) electrons.